The molecule has 3 nitrogen and oxygen atoms in total. The van der Waals surface area contributed by atoms with Crippen molar-refractivity contribution < 1.29 is 5.11 Å². The Morgan fingerprint density at radius 3 is 2.39 bits per heavy atom. The minimum absolute atomic E-state index is 0.178. The first-order chi connectivity index (χ1) is 8.74. The molecular weight excluding hydrogens is 224 g/mol. The van der Waals surface area contributed by atoms with Crippen molar-refractivity contribution in [2.45, 2.75) is 57.9 Å². The van der Waals surface area contributed by atoms with Crippen LogP contribution < -0.4 is 5.32 Å². The summed E-state index contributed by atoms with van der Waals surface area (Å²) in [6.07, 6.45) is 9.08. The number of aliphatic hydroxyl groups is 1. The van der Waals surface area contributed by atoms with Gasteiger partial charge in [-0.2, -0.15) is 0 Å². The monoisotopic (exact) mass is 254 g/mol. The molecule has 1 saturated carbocycles. The number of hydrogen-bond donors (Lipinski definition) is 2. The lowest BCUT2D eigenvalue weighted by Crippen LogP contribution is -2.45. The zero-order valence-corrected chi connectivity index (χ0v) is 12.0. The molecule has 1 atom stereocenters. The number of likely N-dealkylation sites (tertiary alicyclic amines) is 1. The summed E-state index contributed by atoms with van der Waals surface area (Å²) in [6, 6.07) is 0.549. The Hall–Kier alpha value is -0.120. The van der Waals surface area contributed by atoms with Gasteiger partial charge in [0.05, 0.1) is 0 Å². The van der Waals surface area contributed by atoms with E-state index in [1.54, 1.807) is 0 Å². The molecule has 1 unspecified atom stereocenters. The molecule has 1 aliphatic heterocycles. The van der Waals surface area contributed by atoms with E-state index in [0.29, 0.717) is 12.6 Å². The zero-order chi connectivity index (χ0) is 12.8. The van der Waals surface area contributed by atoms with Gasteiger partial charge >= 0.3 is 0 Å². The molecule has 2 N–H and O–H groups in total. The number of hydrogen-bond acceptors (Lipinski definition) is 3. The first-order valence-electron chi connectivity index (χ1n) is 7.81. The molecule has 2 rings (SSSR count). The second-order valence-electron chi connectivity index (χ2n) is 6.51. The molecule has 0 amide bonds. The highest BCUT2D eigenvalue weighted by Crippen LogP contribution is 2.35. The quantitative estimate of drug-likeness (QED) is 0.761. The van der Waals surface area contributed by atoms with E-state index < -0.39 is 0 Å². The van der Waals surface area contributed by atoms with Crippen LogP contribution in [-0.2, 0) is 0 Å². The average molecular weight is 254 g/mol. The lowest BCUT2D eigenvalue weighted by atomic mass is 9.74. The van der Waals surface area contributed by atoms with Crippen molar-refractivity contribution in [2.24, 2.45) is 5.41 Å². The molecule has 0 spiro atoms. The van der Waals surface area contributed by atoms with E-state index >= 15 is 0 Å². The van der Waals surface area contributed by atoms with Crippen LogP contribution in [0.4, 0.5) is 0 Å². The fourth-order valence-corrected chi connectivity index (χ4v) is 3.50. The number of nitrogens with zero attached hydrogens (tertiary/aromatic N) is 1. The third-order valence-corrected chi connectivity index (χ3v) is 4.81. The van der Waals surface area contributed by atoms with Crippen LogP contribution in [0.5, 0.6) is 0 Å². The maximum Gasteiger partial charge on any atom is 0.0499 e. The summed E-state index contributed by atoms with van der Waals surface area (Å²) in [5, 5.41) is 13.4. The SMILES string of the molecule is CC(CN1CCCC1)NCC1(CO)CCCCC1. The van der Waals surface area contributed by atoms with Crippen molar-refractivity contribution in [2.75, 3.05) is 32.8 Å². The fraction of sp³-hybridized carbons (Fsp3) is 1.00. The third kappa shape index (κ3) is 3.94. The Labute approximate surface area is 112 Å². The maximum atomic E-state index is 9.69. The molecule has 3 heteroatoms. The van der Waals surface area contributed by atoms with Crippen molar-refractivity contribution in [3.63, 3.8) is 0 Å². The van der Waals surface area contributed by atoms with Crippen molar-refractivity contribution >= 4 is 0 Å². The van der Waals surface area contributed by atoms with Crippen LogP contribution in [0.25, 0.3) is 0 Å². The van der Waals surface area contributed by atoms with Crippen molar-refractivity contribution in [1.82, 2.24) is 10.2 Å². The number of nitrogens with one attached hydrogen (secondary N) is 1. The van der Waals surface area contributed by atoms with E-state index in [9.17, 15) is 5.11 Å². The van der Waals surface area contributed by atoms with Crippen LogP contribution in [0.1, 0.15) is 51.9 Å². The molecule has 1 saturated heterocycles. The molecule has 0 radical (unpaired) electrons. The van der Waals surface area contributed by atoms with Crippen LogP contribution in [0.2, 0.25) is 0 Å². The molecule has 2 fully saturated rings. The average Bonchev–Trinajstić information content (AvgIpc) is 2.90. The van der Waals surface area contributed by atoms with E-state index in [1.807, 2.05) is 0 Å². The van der Waals surface area contributed by atoms with Crippen LogP contribution in [0.15, 0.2) is 0 Å². The first-order valence-corrected chi connectivity index (χ1v) is 7.81. The zero-order valence-electron chi connectivity index (χ0n) is 12.0. The van der Waals surface area contributed by atoms with E-state index in [0.717, 1.165) is 6.54 Å². The summed E-state index contributed by atoms with van der Waals surface area (Å²) in [7, 11) is 0. The molecule has 0 bridgehead atoms. The van der Waals surface area contributed by atoms with Gasteiger partial charge in [0.25, 0.3) is 0 Å². The van der Waals surface area contributed by atoms with Crippen molar-refractivity contribution in [3.8, 4) is 0 Å². The summed E-state index contributed by atoms with van der Waals surface area (Å²) in [5.74, 6) is 0. The Kier molecular flexibility index (Phi) is 5.46. The first kappa shape index (κ1) is 14.3. The van der Waals surface area contributed by atoms with Gasteiger partial charge in [-0.15, -0.1) is 0 Å². The van der Waals surface area contributed by atoms with Gasteiger partial charge in [0.1, 0.15) is 0 Å². The molecular formula is C15H30N2O. The topological polar surface area (TPSA) is 35.5 Å². The van der Waals surface area contributed by atoms with Gasteiger partial charge in [0, 0.05) is 31.2 Å². The highest BCUT2D eigenvalue weighted by atomic mass is 16.3. The van der Waals surface area contributed by atoms with E-state index in [4.69, 9.17) is 0 Å². The summed E-state index contributed by atoms with van der Waals surface area (Å²) in [4.78, 5) is 2.56. The third-order valence-electron chi connectivity index (χ3n) is 4.81. The lowest BCUT2D eigenvalue weighted by molar-refractivity contribution is 0.0774. The number of rotatable bonds is 6. The maximum absolute atomic E-state index is 9.69. The van der Waals surface area contributed by atoms with Gasteiger partial charge < -0.3 is 15.3 Å². The second kappa shape index (κ2) is 6.88. The van der Waals surface area contributed by atoms with Crippen molar-refractivity contribution in [3.05, 3.63) is 0 Å². The minimum atomic E-state index is 0.178. The van der Waals surface area contributed by atoms with Gasteiger partial charge in [-0.1, -0.05) is 19.3 Å². The standard InChI is InChI=1S/C15H30N2O/c1-14(11-17-9-5-6-10-17)16-12-15(13-18)7-3-2-4-8-15/h14,16,18H,2-13H2,1H3. The minimum Gasteiger partial charge on any atom is -0.396 e. The molecule has 0 aromatic heterocycles. The second-order valence-corrected chi connectivity index (χ2v) is 6.51. The highest BCUT2D eigenvalue weighted by Gasteiger charge is 2.31. The van der Waals surface area contributed by atoms with Gasteiger partial charge in [-0.25, -0.2) is 0 Å². The summed E-state index contributed by atoms with van der Waals surface area (Å²) in [5.41, 5.74) is 0.178. The Balaban J connectivity index is 1.71. The van der Waals surface area contributed by atoms with E-state index in [-0.39, 0.29) is 5.41 Å². The van der Waals surface area contributed by atoms with Crippen LogP contribution in [-0.4, -0.2) is 48.8 Å². The molecule has 18 heavy (non-hydrogen) atoms. The molecule has 0 aromatic rings. The largest absolute Gasteiger partial charge is 0.396 e. The smallest absolute Gasteiger partial charge is 0.0499 e. The van der Waals surface area contributed by atoms with Crippen LogP contribution >= 0.6 is 0 Å². The van der Waals surface area contributed by atoms with Gasteiger partial charge in [-0.3, -0.25) is 0 Å². The normalized spacial score (nSPS) is 26.3. The predicted molar refractivity (Wildman–Crippen MR) is 75.7 cm³/mol. The molecule has 2 aliphatic rings. The number of aliphatic hydroxyl groups excluding tert-OH is 1. The molecule has 0 aromatic carbocycles. The van der Waals surface area contributed by atoms with E-state index in [1.165, 1.54) is 64.6 Å². The van der Waals surface area contributed by atoms with Gasteiger partial charge in [0.2, 0.25) is 0 Å². The highest BCUT2D eigenvalue weighted by molar-refractivity contribution is 4.85. The van der Waals surface area contributed by atoms with E-state index in [2.05, 4.69) is 17.1 Å². The summed E-state index contributed by atoms with van der Waals surface area (Å²) >= 11 is 0. The Morgan fingerprint density at radius 1 is 1.11 bits per heavy atom. The van der Waals surface area contributed by atoms with Gasteiger partial charge in [-0.05, 0) is 45.7 Å². The molecule has 1 heterocycles. The Morgan fingerprint density at radius 2 is 1.78 bits per heavy atom. The Bertz CT molecular complexity index is 233. The lowest BCUT2D eigenvalue weighted by Gasteiger charge is -2.37. The summed E-state index contributed by atoms with van der Waals surface area (Å²) < 4.78 is 0. The van der Waals surface area contributed by atoms with Crippen LogP contribution in [0, 0.1) is 5.41 Å². The van der Waals surface area contributed by atoms with Crippen LogP contribution in [0.3, 0.4) is 0 Å². The molecule has 106 valence electrons. The van der Waals surface area contributed by atoms with Gasteiger partial charge in [0.15, 0.2) is 0 Å². The fourth-order valence-electron chi connectivity index (χ4n) is 3.50. The molecule has 1 aliphatic carbocycles. The van der Waals surface area contributed by atoms with Crippen molar-refractivity contribution in [1.29, 1.82) is 0 Å². The predicted octanol–water partition coefficient (Wildman–Crippen LogP) is 2.00. The summed E-state index contributed by atoms with van der Waals surface area (Å²) in [6.45, 7) is 7.36.